The molecule has 0 bridgehead atoms. The summed E-state index contributed by atoms with van der Waals surface area (Å²) in [7, 11) is 0. The van der Waals surface area contributed by atoms with Crippen molar-refractivity contribution in [3.63, 3.8) is 0 Å². The van der Waals surface area contributed by atoms with Crippen LogP contribution in [0.5, 0.6) is 0 Å². The molecule has 0 saturated carbocycles. The lowest BCUT2D eigenvalue weighted by molar-refractivity contribution is 0.102. The van der Waals surface area contributed by atoms with E-state index in [1.54, 1.807) is 0 Å². The Labute approximate surface area is 132 Å². The van der Waals surface area contributed by atoms with Gasteiger partial charge in [0.2, 0.25) is 5.13 Å². The first-order valence-corrected chi connectivity index (χ1v) is 7.72. The summed E-state index contributed by atoms with van der Waals surface area (Å²) in [6.45, 7) is 4.01. The molecule has 22 heavy (non-hydrogen) atoms. The average Bonchev–Trinajstić information content (AvgIpc) is 2.99. The fourth-order valence-corrected chi connectivity index (χ4v) is 2.77. The van der Waals surface area contributed by atoms with Crippen LogP contribution in [0.25, 0.3) is 10.6 Å². The van der Waals surface area contributed by atoms with Crippen molar-refractivity contribution in [3.05, 3.63) is 65.2 Å². The van der Waals surface area contributed by atoms with E-state index in [0.29, 0.717) is 10.7 Å². The van der Waals surface area contributed by atoms with Crippen LogP contribution in [-0.2, 0) is 0 Å². The van der Waals surface area contributed by atoms with Crippen LogP contribution in [0.3, 0.4) is 0 Å². The highest BCUT2D eigenvalue weighted by molar-refractivity contribution is 7.18. The van der Waals surface area contributed by atoms with Crippen LogP contribution < -0.4 is 5.32 Å². The molecule has 1 heterocycles. The van der Waals surface area contributed by atoms with Crippen LogP contribution >= 0.6 is 11.3 Å². The number of nitrogens with one attached hydrogen (secondary N) is 1. The van der Waals surface area contributed by atoms with Crippen molar-refractivity contribution in [2.24, 2.45) is 0 Å². The molecule has 2 aromatic carbocycles. The van der Waals surface area contributed by atoms with Gasteiger partial charge in [-0.05, 0) is 37.1 Å². The predicted molar refractivity (Wildman–Crippen MR) is 89.2 cm³/mol. The molecule has 0 atom stereocenters. The van der Waals surface area contributed by atoms with Gasteiger partial charge in [0.25, 0.3) is 5.91 Å². The summed E-state index contributed by atoms with van der Waals surface area (Å²) in [5.74, 6) is -0.168. The predicted octanol–water partition coefficient (Wildman–Crippen LogP) is 4.07. The first kappa shape index (κ1) is 14.4. The molecule has 0 spiro atoms. The van der Waals surface area contributed by atoms with E-state index in [1.807, 2.05) is 62.4 Å². The van der Waals surface area contributed by atoms with Crippen molar-refractivity contribution < 1.29 is 4.79 Å². The maximum absolute atomic E-state index is 12.3. The van der Waals surface area contributed by atoms with E-state index in [0.717, 1.165) is 16.1 Å². The van der Waals surface area contributed by atoms with Crippen molar-refractivity contribution in [1.82, 2.24) is 10.2 Å². The molecule has 110 valence electrons. The summed E-state index contributed by atoms with van der Waals surface area (Å²) in [6.07, 6.45) is 0. The van der Waals surface area contributed by atoms with Crippen LogP contribution in [0.4, 0.5) is 5.13 Å². The minimum absolute atomic E-state index is 0.168. The molecule has 4 nitrogen and oxygen atoms in total. The summed E-state index contributed by atoms with van der Waals surface area (Å²) >= 11 is 1.36. The lowest BCUT2D eigenvalue weighted by atomic mass is 10.1. The summed E-state index contributed by atoms with van der Waals surface area (Å²) in [5, 5.41) is 12.2. The van der Waals surface area contributed by atoms with Gasteiger partial charge in [0.15, 0.2) is 0 Å². The molecule has 0 saturated heterocycles. The Bertz CT molecular complexity index is 812. The van der Waals surface area contributed by atoms with Gasteiger partial charge in [-0.15, -0.1) is 10.2 Å². The third-order valence-electron chi connectivity index (χ3n) is 3.44. The van der Waals surface area contributed by atoms with Gasteiger partial charge in [0.1, 0.15) is 5.01 Å². The number of aryl methyl sites for hydroxylation is 2. The molecule has 0 radical (unpaired) electrons. The number of aromatic nitrogens is 2. The molecule has 3 aromatic rings. The van der Waals surface area contributed by atoms with Gasteiger partial charge >= 0.3 is 0 Å². The summed E-state index contributed by atoms with van der Waals surface area (Å²) in [4.78, 5) is 12.3. The third-order valence-corrected chi connectivity index (χ3v) is 4.32. The number of hydrogen-bond donors (Lipinski definition) is 1. The fourth-order valence-electron chi connectivity index (χ4n) is 2.02. The van der Waals surface area contributed by atoms with E-state index >= 15 is 0 Å². The normalized spacial score (nSPS) is 10.5. The van der Waals surface area contributed by atoms with Gasteiger partial charge in [0.05, 0.1) is 0 Å². The molecule has 1 aromatic heterocycles. The lowest BCUT2D eigenvalue weighted by Gasteiger charge is -2.04. The highest BCUT2D eigenvalue weighted by atomic mass is 32.1. The minimum atomic E-state index is -0.168. The SMILES string of the molecule is Cc1ccc(C(=O)Nc2nnc(-c3ccccc3)s2)cc1C. The molecule has 1 N–H and O–H groups in total. The number of benzene rings is 2. The maximum atomic E-state index is 12.3. The number of nitrogens with zero attached hydrogens (tertiary/aromatic N) is 2. The number of amides is 1. The lowest BCUT2D eigenvalue weighted by Crippen LogP contribution is -2.12. The zero-order valence-electron chi connectivity index (χ0n) is 12.3. The van der Waals surface area contributed by atoms with Gasteiger partial charge in [0, 0.05) is 11.1 Å². The summed E-state index contributed by atoms with van der Waals surface area (Å²) in [5.41, 5.74) is 3.87. The Morgan fingerprint density at radius 1 is 1.00 bits per heavy atom. The van der Waals surface area contributed by atoms with Gasteiger partial charge in [-0.1, -0.05) is 47.7 Å². The van der Waals surface area contributed by atoms with E-state index in [-0.39, 0.29) is 5.91 Å². The van der Waals surface area contributed by atoms with E-state index in [4.69, 9.17) is 0 Å². The number of carbonyl (C=O) groups is 1. The number of rotatable bonds is 3. The number of carbonyl (C=O) groups excluding carboxylic acids is 1. The molecule has 0 aliphatic rings. The van der Waals surface area contributed by atoms with Crippen molar-refractivity contribution in [2.45, 2.75) is 13.8 Å². The summed E-state index contributed by atoms with van der Waals surface area (Å²) in [6, 6.07) is 15.4. The summed E-state index contributed by atoms with van der Waals surface area (Å²) < 4.78 is 0. The standard InChI is InChI=1S/C17H15N3OS/c1-11-8-9-14(10-12(11)2)15(21)18-17-20-19-16(22-17)13-6-4-3-5-7-13/h3-10H,1-2H3,(H,18,20,21). The Balaban J connectivity index is 1.77. The van der Waals surface area contributed by atoms with Crippen molar-refractivity contribution in [3.8, 4) is 10.6 Å². The second-order valence-electron chi connectivity index (χ2n) is 5.03. The quantitative estimate of drug-likeness (QED) is 0.793. The minimum Gasteiger partial charge on any atom is -0.296 e. The third kappa shape index (κ3) is 3.04. The van der Waals surface area contributed by atoms with Crippen LogP contribution in [0.15, 0.2) is 48.5 Å². The first-order valence-electron chi connectivity index (χ1n) is 6.91. The fraction of sp³-hybridized carbons (Fsp3) is 0.118. The molecule has 1 amide bonds. The smallest absolute Gasteiger partial charge is 0.257 e. The van der Waals surface area contributed by atoms with Crippen LogP contribution in [0.2, 0.25) is 0 Å². The largest absolute Gasteiger partial charge is 0.296 e. The molecule has 0 unspecified atom stereocenters. The molecule has 0 aliphatic carbocycles. The van der Waals surface area contributed by atoms with E-state index in [9.17, 15) is 4.79 Å². The molecule has 0 fully saturated rings. The van der Waals surface area contributed by atoms with Crippen molar-refractivity contribution >= 4 is 22.4 Å². The Kier molecular flexibility index (Phi) is 3.98. The topological polar surface area (TPSA) is 54.9 Å². The zero-order valence-corrected chi connectivity index (χ0v) is 13.1. The van der Waals surface area contributed by atoms with E-state index < -0.39 is 0 Å². The average molecular weight is 309 g/mol. The first-order chi connectivity index (χ1) is 10.6. The molecule has 3 rings (SSSR count). The molecular weight excluding hydrogens is 294 g/mol. The van der Waals surface area contributed by atoms with Gasteiger partial charge in [-0.25, -0.2) is 0 Å². The molecule has 0 aliphatic heterocycles. The van der Waals surface area contributed by atoms with Gasteiger partial charge in [-0.2, -0.15) is 0 Å². The highest BCUT2D eigenvalue weighted by Crippen LogP contribution is 2.26. The Hall–Kier alpha value is -2.53. The molecule has 5 heteroatoms. The van der Waals surface area contributed by atoms with Gasteiger partial charge in [-0.3, -0.25) is 10.1 Å². The monoisotopic (exact) mass is 309 g/mol. The zero-order chi connectivity index (χ0) is 15.5. The Morgan fingerprint density at radius 2 is 1.77 bits per heavy atom. The van der Waals surface area contributed by atoms with Crippen molar-refractivity contribution in [2.75, 3.05) is 5.32 Å². The van der Waals surface area contributed by atoms with Crippen LogP contribution in [0, 0.1) is 13.8 Å². The Morgan fingerprint density at radius 3 is 2.50 bits per heavy atom. The second kappa shape index (κ2) is 6.07. The second-order valence-corrected chi connectivity index (χ2v) is 6.01. The van der Waals surface area contributed by atoms with Crippen molar-refractivity contribution in [1.29, 1.82) is 0 Å². The van der Waals surface area contributed by atoms with E-state index in [2.05, 4.69) is 15.5 Å². The number of anilines is 1. The number of hydrogen-bond acceptors (Lipinski definition) is 4. The molecular formula is C17H15N3OS. The van der Waals surface area contributed by atoms with Crippen LogP contribution in [0.1, 0.15) is 21.5 Å². The van der Waals surface area contributed by atoms with Gasteiger partial charge < -0.3 is 0 Å². The van der Waals surface area contributed by atoms with Crippen LogP contribution in [-0.4, -0.2) is 16.1 Å². The maximum Gasteiger partial charge on any atom is 0.257 e. The highest BCUT2D eigenvalue weighted by Gasteiger charge is 2.11. The van der Waals surface area contributed by atoms with E-state index in [1.165, 1.54) is 16.9 Å².